The Labute approximate surface area is 174 Å². The van der Waals surface area contributed by atoms with Crippen LogP contribution in [-0.4, -0.2) is 9.66 Å². The standard InChI is InChI=1S/C20H16Cl2F3N3O/c21-14-5-4-12(6-11-2-1-3-11)17(9-14)27-28-10-26-18-15(19(28)29)7-13(8-16(18)22)20(23,24)25/h4-5,7-11,27H,1-3,6H2. The van der Waals surface area contributed by atoms with Gasteiger partial charge in [0.2, 0.25) is 0 Å². The van der Waals surface area contributed by atoms with Crippen molar-refractivity contribution in [1.82, 2.24) is 9.66 Å². The zero-order valence-corrected chi connectivity index (χ0v) is 16.6. The highest BCUT2D eigenvalue weighted by Gasteiger charge is 2.32. The van der Waals surface area contributed by atoms with E-state index in [-0.39, 0.29) is 15.9 Å². The van der Waals surface area contributed by atoms with Crippen LogP contribution >= 0.6 is 23.2 Å². The number of alkyl halides is 3. The molecule has 1 saturated carbocycles. The van der Waals surface area contributed by atoms with Gasteiger partial charge in [0.05, 0.1) is 27.2 Å². The van der Waals surface area contributed by atoms with Crippen molar-refractivity contribution in [3.8, 4) is 0 Å². The Balaban J connectivity index is 1.76. The Kier molecular flexibility index (Phi) is 5.21. The lowest BCUT2D eigenvalue weighted by Crippen LogP contribution is -2.27. The molecule has 4 rings (SSSR count). The number of aromatic nitrogens is 2. The summed E-state index contributed by atoms with van der Waals surface area (Å²) in [6, 6.07) is 6.88. The molecule has 1 heterocycles. The van der Waals surface area contributed by atoms with Crippen LogP contribution in [0.2, 0.25) is 10.0 Å². The van der Waals surface area contributed by atoms with Crippen molar-refractivity contribution >= 4 is 39.8 Å². The number of fused-ring (bicyclic) bond motifs is 1. The first-order valence-corrected chi connectivity index (χ1v) is 9.81. The van der Waals surface area contributed by atoms with Crippen LogP contribution in [0.15, 0.2) is 41.5 Å². The minimum absolute atomic E-state index is 0.0171. The summed E-state index contributed by atoms with van der Waals surface area (Å²) in [5.74, 6) is 0.580. The number of benzene rings is 2. The van der Waals surface area contributed by atoms with Crippen molar-refractivity contribution in [3.05, 3.63) is 68.2 Å². The highest BCUT2D eigenvalue weighted by molar-refractivity contribution is 6.35. The third-order valence-electron chi connectivity index (χ3n) is 5.19. The largest absolute Gasteiger partial charge is 0.416 e. The van der Waals surface area contributed by atoms with E-state index in [9.17, 15) is 18.0 Å². The fourth-order valence-electron chi connectivity index (χ4n) is 3.40. The van der Waals surface area contributed by atoms with Crippen molar-refractivity contribution < 1.29 is 13.2 Å². The maximum atomic E-state index is 13.1. The van der Waals surface area contributed by atoms with Crippen LogP contribution in [0, 0.1) is 5.92 Å². The van der Waals surface area contributed by atoms with Crippen LogP contribution in [-0.2, 0) is 12.6 Å². The van der Waals surface area contributed by atoms with E-state index in [4.69, 9.17) is 23.2 Å². The van der Waals surface area contributed by atoms with E-state index >= 15 is 0 Å². The highest BCUT2D eigenvalue weighted by Crippen LogP contribution is 2.34. The van der Waals surface area contributed by atoms with Crippen molar-refractivity contribution in [2.45, 2.75) is 31.9 Å². The first-order valence-electron chi connectivity index (χ1n) is 9.06. The molecule has 9 heteroatoms. The van der Waals surface area contributed by atoms with Gasteiger partial charge in [-0.1, -0.05) is 48.5 Å². The Morgan fingerprint density at radius 2 is 1.93 bits per heavy atom. The maximum absolute atomic E-state index is 13.1. The summed E-state index contributed by atoms with van der Waals surface area (Å²) in [4.78, 5) is 16.9. The second kappa shape index (κ2) is 7.54. The Bertz CT molecular complexity index is 1140. The molecule has 0 bridgehead atoms. The second-order valence-electron chi connectivity index (χ2n) is 7.19. The predicted molar refractivity (Wildman–Crippen MR) is 108 cm³/mol. The highest BCUT2D eigenvalue weighted by atomic mass is 35.5. The Morgan fingerprint density at radius 1 is 1.17 bits per heavy atom. The summed E-state index contributed by atoms with van der Waals surface area (Å²) in [6.45, 7) is 0. The van der Waals surface area contributed by atoms with Gasteiger partial charge in [0.15, 0.2) is 0 Å². The molecule has 1 fully saturated rings. The van der Waals surface area contributed by atoms with Gasteiger partial charge in [-0.25, -0.2) is 9.66 Å². The molecule has 1 aliphatic rings. The number of nitrogens with one attached hydrogen (secondary N) is 1. The van der Waals surface area contributed by atoms with E-state index < -0.39 is 17.3 Å². The molecule has 1 aliphatic carbocycles. The Hall–Kier alpha value is -2.25. The first kappa shape index (κ1) is 20.0. The van der Waals surface area contributed by atoms with E-state index in [1.807, 2.05) is 6.07 Å². The van der Waals surface area contributed by atoms with Crippen LogP contribution in [0.25, 0.3) is 10.9 Å². The minimum atomic E-state index is -4.62. The van der Waals surface area contributed by atoms with Gasteiger partial charge in [0.1, 0.15) is 6.33 Å². The second-order valence-corrected chi connectivity index (χ2v) is 8.03. The van der Waals surface area contributed by atoms with Gasteiger partial charge < -0.3 is 0 Å². The van der Waals surface area contributed by atoms with E-state index in [0.29, 0.717) is 16.6 Å². The molecule has 29 heavy (non-hydrogen) atoms. The summed E-state index contributed by atoms with van der Waals surface area (Å²) < 4.78 is 40.4. The lowest BCUT2D eigenvalue weighted by atomic mass is 9.81. The smallest absolute Gasteiger partial charge is 0.290 e. The van der Waals surface area contributed by atoms with Crippen molar-refractivity contribution in [1.29, 1.82) is 0 Å². The third kappa shape index (κ3) is 4.07. The molecule has 0 spiro atoms. The van der Waals surface area contributed by atoms with E-state index in [1.54, 1.807) is 12.1 Å². The topological polar surface area (TPSA) is 46.9 Å². The van der Waals surface area contributed by atoms with Gasteiger partial charge in [0.25, 0.3) is 5.56 Å². The maximum Gasteiger partial charge on any atom is 0.416 e. The van der Waals surface area contributed by atoms with Gasteiger partial charge in [-0.05, 0) is 42.2 Å². The minimum Gasteiger partial charge on any atom is -0.290 e. The lowest BCUT2D eigenvalue weighted by Gasteiger charge is -2.26. The van der Waals surface area contributed by atoms with E-state index in [0.717, 1.165) is 41.6 Å². The molecule has 3 aromatic rings. The number of anilines is 1. The monoisotopic (exact) mass is 441 g/mol. The molecule has 0 atom stereocenters. The summed E-state index contributed by atoms with van der Waals surface area (Å²) in [5, 5.41) is 0.0314. The van der Waals surface area contributed by atoms with Crippen LogP contribution in [0.3, 0.4) is 0 Å². The zero-order valence-electron chi connectivity index (χ0n) is 15.1. The molecule has 0 aliphatic heterocycles. The summed E-state index contributed by atoms with van der Waals surface area (Å²) >= 11 is 12.0. The average molecular weight is 442 g/mol. The molecular formula is C20H16Cl2F3N3O. The summed E-state index contributed by atoms with van der Waals surface area (Å²) in [7, 11) is 0. The summed E-state index contributed by atoms with van der Waals surface area (Å²) in [5.41, 5.74) is 2.87. The van der Waals surface area contributed by atoms with Gasteiger partial charge in [-0.2, -0.15) is 13.2 Å². The van der Waals surface area contributed by atoms with Crippen molar-refractivity contribution in [2.24, 2.45) is 5.92 Å². The molecular weight excluding hydrogens is 426 g/mol. The predicted octanol–water partition coefficient (Wildman–Crippen LogP) is 5.94. The number of nitrogens with zero attached hydrogens (tertiary/aromatic N) is 2. The SMILES string of the molecule is O=c1c2cc(C(F)(F)F)cc(Cl)c2ncn1Nc1cc(Cl)ccc1CC1CCC1. The third-order valence-corrected chi connectivity index (χ3v) is 5.71. The molecule has 1 aromatic heterocycles. The van der Waals surface area contributed by atoms with Crippen LogP contribution in [0.1, 0.15) is 30.4 Å². The normalized spacial score (nSPS) is 14.8. The molecule has 0 radical (unpaired) electrons. The van der Waals surface area contributed by atoms with Gasteiger partial charge in [-0.15, -0.1) is 0 Å². The average Bonchev–Trinajstić information content (AvgIpc) is 2.61. The first-order chi connectivity index (χ1) is 13.7. The van der Waals surface area contributed by atoms with Crippen LogP contribution in [0.5, 0.6) is 0 Å². The molecule has 1 N–H and O–H groups in total. The van der Waals surface area contributed by atoms with Crippen LogP contribution < -0.4 is 11.0 Å². The number of hydrogen-bond donors (Lipinski definition) is 1. The summed E-state index contributed by atoms with van der Waals surface area (Å²) in [6.07, 6.45) is 0.923. The van der Waals surface area contributed by atoms with Gasteiger partial charge in [0, 0.05) is 5.02 Å². The molecule has 152 valence electrons. The fraction of sp³-hybridized carbons (Fsp3) is 0.300. The van der Waals surface area contributed by atoms with E-state index in [2.05, 4.69) is 10.4 Å². The lowest BCUT2D eigenvalue weighted by molar-refractivity contribution is -0.137. The molecule has 4 nitrogen and oxygen atoms in total. The van der Waals surface area contributed by atoms with Crippen molar-refractivity contribution in [3.63, 3.8) is 0 Å². The molecule has 0 unspecified atom stereocenters. The quantitative estimate of drug-likeness (QED) is 0.544. The molecule has 0 amide bonds. The number of hydrogen-bond acceptors (Lipinski definition) is 3. The number of halogens is 5. The number of rotatable bonds is 4. The van der Waals surface area contributed by atoms with Crippen LogP contribution in [0.4, 0.5) is 18.9 Å². The van der Waals surface area contributed by atoms with Gasteiger partial charge >= 0.3 is 6.18 Å². The zero-order chi connectivity index (χ0) is 20.8. The Morgan fingerprint density at radius 3 is 2.59 bits per heavy atom. The van der Waals surface area contributed by atoms with E-state index in [1.165, 1.54) is 12.7 Å². The molecule has 2 aromatic carbocycles. The van der Waals surface area contributed by atoms with Crippen molar-refractivity contribution in [2.75, 3.05) is 5.43 Å². The fourth-order valence-corrected chi connectivity index (χ4v) is 3.84. The molecule has 0 saturated heterocycles. The van der Waals surface area contributed by atoms with Gasteiger partial charge in [-0.3, -0.25) is 10.2 Å².